The highest BCUT2D eigenvalue weighted by molar-refractivity contribution is 14.0. The number of aliphatic imine (C=N–C) groups is 1. The molecule has 0 aliphatic carbocycles. The Bertz CT molecular complexity index is 474. The molecule has 7 heteroatoms. The van der Waals surface area contributed by atoms with Crippen LogP contribution in [-0.4, -0.2) is 31.0 Å². The highest BCUT2D eigenvalue weighted by atomic mass is 127. The monoisotopic (exact) mass is 438 g/mol. The molecule has 22 heavy (non-hydrogen) atoms. The Morgan fingerprint density at radius 2 is 2.09 bits per heavy atom. The molecule has 0 saturated heterocycles. The van der Waals surface area contributed by atoms with Gasteiger partial charge in [0.15, 0.2) is 5.96 Å². The number of hydrogen-bond donors (Lipinski definition) is 3. The van der Waals surface area contributed by atoms with Crippen LogP contribution in [-0.2, 0) is 11.3 Å². The summed E-state index contributed by atoms with van der Waals surface area (Å²) in [6, 6.07) is 2.28. The quantitative estimate of drug-likeness (QED) is 0.349. The minimum atomic E-state index is 0. The zero-order valence-corrected chi connectivity index (χ0v) is 16.9. The molecule has 0 saturated carbocycles. The van der Waals surface area contributed by atoms with Gasteiger partial charge < -0.3 is 16.0 Å². The Hall–Kier alpha value is -0.830. The normalized spacial score (nSPS) is 11.0. The topological polar surface area (TPSA) is 65.5 Å². The molecule has 0 aromatic carbocycles. The molecule has 1 aromatic heterocycles. The fourth-order valence-corrected chi connectivity index (χ4v) is 2.58. The van der Waals surface area contributed by atoms with Crippen molar-refractivity contribution >= 4 is 47.2 Å². The number of halogens is 1. The Balaban J connectivity index is 0.00000441. The van der Waals surface area contributed by atoms with E-state index >= 15 is 0 Å². The maximum absolute atomic E-state index is 11.6. The van der Waals surface area contributed by atoms with Gasteiger partial charge in [0.1, 0.15) is 0 Å². The molecule has 0 bridgehead atoms. The minimum Gasteiger partial charge on any atom is -0.357 e. The molecule has 0 aliphatic heterocycles. The van der Waals surface area contributed by atoms with Gasteiger partial charge in [-0.25, -0.2) is 4.99 Å². The highest BCUT2D eigenvalue weighted by Gasteiger charge is 2.04. The third kappa shape index (κ3) is 8.57. The zero-order chi connectivity index (χ0) is 15.7. The van der Waals surface area contributed by atoms with E-state index in [0.717, 1.165) is 12.5 Å². The van der Waals surface area contributed by atoms with Gasteiger partial charge in [0.05, 0.1) is 6.54 Å². The molecule has 0 unspecified atom stereocenters. The van der Waals surface area contributed by atoms with E-state index in [2.05, 4.69) is 39.3 Å². The van der Waals surface area contributed by atoms with Gasteiger partial charge in [-0.2, -0.15) is 0 Å². The Morgan fingerprint density at radius 3 is 2.64 bits per heavy atom. The first-order chi connectivity index (χ1) is 10.0. The van der Waals surface area contributed by atoms with Crippen LogP contribution >= 0.6 is 35.3 Å². The van der Waals surface area contributed by atoms with E-state index < -0.39 is 0 Å². The first kappa shape index (κ1) is 21.2. The SMILES string of the molecule is CCNC(=NCc1sccc1C)NCCC(=O)NC(C)C.I. The minimum absolute atomic E-state index is 0. The van der Waals surface area contributed by atoms with Crippen molar-refractivity contribution in [1.82, 2.24) is 16.0 Å². The molecule has 0 spiro atoms. The van der Waals surface area contributed by atoms with Crippen molar-refractivity contribution in [3.63, 3.8) is 0 Å². The summed E-state index contributed by atoms with van der Waals surface area (Å²) >= 11 is 1.72. The van der Waals surface area contributed by atoms with Gasteiger partial charge in [-0.15, -0.1) is 35.3 Å². The third-order valence-electron chi connectivity index (χ3n) is 2.79. The molecule has 126 valence electrons. The van der Waals surface area contributed by atoms with E-state index in [1.54, 1.807) is 11.3 Å². The smallest absolute Gasteiger partial charge is 0.221 e. The molecular formula is C15H27IN4OS. The van der Waals surface area contributed by atoms with E-state index in [4.69, 9.17) is 0 Å². The van der Waals surface area contributed by atoms with Crippen LogP contribution in [0.3, 0.4) is 0 Å². The standard InChI is InChI=1S/C15H26N4OS.HI/c1-5-16-15(17-8-6-14(20)19-11(2)3)18-10-13-12(4)7-9-21-13;/h7,9,11H,5-6,8,10H2,1-4H3,(H,19,20)(H2,16,17,18);1H. The van der Waals surface area contributed by atoms with Crippen LogP contribution in [0.1, 0.15) is 37.6 Å². The van der Waals surface area contributed by atoms with E-state index in [9.17, 15) is 4.79 Å². The molecule has 1 rings (SSSR count). The molecule has 0 aliphatic rings. The average molecular weight is 438 g/mol. The molecule has 1 aromatic rings. The van der Waals surface area contributed by atoms with Gasteiger partial charge >= 0.3 is 0 Å². The number of guanidine groups is 1. The lowest BCUT2D eigenvalue weighted by Gasteiger charge is -2.12. The summed E-state index contributed by atoms with van der Waals surface area (Å²) in [5.74, 6) is 0.810. The largest absolute Gasteiger partial charge is 0.357 e. The number of thiophene rings is 1. The summed E-state index contributed by atoms with van der Waals surface area (Å²) in [4.78, 5) is 17.4. The Labute approximate surface area is 154 Å². The third-order valence-corrected chi connectivity index (χ3v) is 3.80. The number of rotatable bonds is 7. The van der Waals surface area contributed by atoms with Crippen LogP contribution < -0.4 is 16.0 Å². The Morgan fingerprint density at radius 1 is 1.36 bits per heavy atom. The second-order valence-electron chi connectivity index (χ2n) is 5.12. The zero-order valence-electron chi connectivity index (χ0n) is 13.7. The molecule has 0 radical (unpaired) electrons. The maximum Gasteiger partial charge on any atom is 0.221 e. The van der Waals surface area contributed by atoms with Crippen LogP contribution in [0.5, 0.6) is 0 Å². The second-order valence-corrected chi connectivity index (χ2v) is 6.12. The van der Waals surface area contributed by atoms with Gasteiger partial charge in [0, 0.05) is 30.4 Å². The van der Waals surface area contributed by atoms with Gasteiger partial charge in [0.2, 0.25) is 5.91 Å². The number of carbonyl (C=O) groups excluding carboxylic acids is 1. The lowest BCUT2D eigenvalue weighted by molar-refractivity contribution is -0.121. The summed E-state index contributed by atoms with van der Waals surface area (Å²) in [6.07, 6.45) is 0.445. The van der Waals surface area contributed by atoms with Crippen LogP contribution in [0.4, 0.5) is 0 Å². The maximum atomic E-state index is 11.6. The number of amides is 1. The number of hydrogen-bond acceptors (Lipinski definition) is 3. The van der Waals surface area contributed by atoms with Crippen LogP contribution in [0.25, 0.3) is 0 Å². The van der Waals surface area contributed by atoms with Gasteiger partial charge in [-0.1, -0.05) is 0 Å². The van der Waals surface area contributed by atoms with Gasteiger partial charge in [-0.05, 0) is 44.7 Å². The lowest BCUT2D eigenvalue weighted by atomic mass is 10.3. The van der Waals surface area contributed by atoms with Crippen molar-refractivity contribution in [1.29, 1.82) is 0 Å². The van der Waals surface area contributed by atoms with E-state index in [1.165, 1.54) is 10.4 Å². The first-order valence-electron chi connectivity index (χ1n) is 7.37. The molecule has 1 heterocycles. The first-order valence-corrected chi connectivity index (χ1v) is 8.25. The van der Waals surface area contributed by atoms with E-state index in [1.807, 2.05) is 20.8 Å². The summed E-state index contributed by atoms with van der Waals surface area (Å²) < 4.78 is 0. The van der Waals surface area contributed by atoms with Crippen molar-refractivity contribution < 1.29 is 4.79 Å². The second kappa shape index (κ2) is 11.7. The predicted molar refractivity (Wildman–Crippen MR) is 105 cm³/mol. The van der Waals surface area contributed by atoms with Crippen LogP contribution in [0.15, 0.2) is 16.4 Å². The fourth-order valence-electron chi connectivity index (χ4n) is 1.75. The van der Waals surface area contributed by atoms with Crippen molar-refractivity contribution in [2.75, 3.05) is 13.1 Å². The highest BCUT2D eigenvalue weighted by Crippen LogP contribution is 2.16. The number of nitrogens with zero attached hydrogens (tertiary/aromatic N) is 1. The number of carbonyl (C=O) groups is 1. The van der Waals surface area contributed by atoms with Crippen molar-refractivity contribution in [3.05, 3.63) is 21.9 Å². The lowest BCUT2D eigenvalue weighted by Crippen LogP contribution is -2.40. The molecule has 5 nitrogen and oxygen atoms in total. The van der Waals surface area contributed by atoms with Gasteiger partial charge in [0.25, 0.3) is 0 Å². The summed E-state index contributed by atoms with van der Waals surface area (Å²) in [7, 11) is 0. The summed E-state index contributed by atoms with van der Waals surface area (Å²) in [6.45, 7) is 10.1. The molecule has 0 fully saturated rings. The summed E-state index contributed by atoms with van der Waals surface area (Å²) in [5, 5.41) is 11.3. The van der Waals surface area contributed by atoms with Crippen LogP contribution in [0, 0.1) is 6.92 Å². The molecule has 0 atom stereocenters. The van der Waals surface area contributed by atoms with Crippen molar-refractivity contribution in [2.45, 2.75) is 46.7 Å². The number of aryl methyl sites for hydroxylation is 1. The van der Waals surface area contributed by atoms with Crippen molar-refractivity contribution in [2.24, 2.45) is 4.99 Å². The molecule has 3 N–H and O–H groups in total. The number of nitrogens with one attached hydrogen (secondary N) is 3. The van der Waals surface area contributed by atoms with Crippen LogP contribution in [0.2, 0.25) is 0 Å². The van der Waals surface area contributed by atoms with Gasteiger partial charge in [-0.3, -0.25) is 4.79 Å². The Kier molecular flexibility index (Phi) is 11.3. The van der Waals surface area contributed by atoms with Crippen molar-refractivity contribution in [3.8, 4) is 0 Å². The summed E-state index contributed by atoms with van der Waals surface area (Å²) in [5.41, 5.74) is 1.27. The molecule has 1 amide bonds. The van der Waals surface area contributed by atoms with E-state index in [-0.39, 0.29) is 35.9 Å². The van der Waals surface area contributed by atoms with E-state index in [0.29, 0.717) is 19.5 Å². The molecular weight excluding hydrogens is 411 g/mol. The predicted octanol–water partition coefficient (Wildman–Crippen LogP) is 2.64. The fraction of sp³-hybridized carbons (Fsp3) is 0.600. The average Bonchev–Trinajstić information content (AvgIpc) is 2.80.